The molecule has 2 saturated heterocycles. The van der Waals surface area contributed by atoms with Crippen molar-refractivity contribution in [2.45, 2.75) is 45.7 Å². The molecule has 0 saturated carbocycles. The number of fused-ring (bicyclic) bond motifs is 3. The Hall–Kier alpha value is -2.70. The highest BCUT2D eigenvalue weighted by molar-refractivity contribution is 6.04. The van der Waals surface area contributed by atoms with Gasteiger partial charge in [0.2, 0.25) is 5.91 Å². The number of piperidine rings is 1. The number of nitrogens with one attached hydrogen (secondary N) is 1. The van der Waals surface area contributed by atoms with E-state index >= 15 is 0 Å². The number of allylic oxidation sites excluding steroid dienone is 1. The predicted octanol–water partition coefficient (Wildman–Crippen LogP) is 2.38. The molecule has 0 aromatic carbocycles. The Morgan fingerprint density at radius 2 is 2.07 bits per heavy atom. The Morgan fingerprint density at radius 1 is 1.26 bits per heavy atom. The van der Waals surface area contributed by atoms with Crippen molar-refractivity contribution in [1.82, 2.24) is 24.8 Å². The monoisotopic (exact) mass is 367 g/mol. The first-order valence-electron chi connectivity index (χ1n) is 9.53. The van der Waals surface area contributed by atoms with Crippen molar-refractivity contribution in [2.24, 2.45) is 5.92 Å². The fraction of sp³-hybridized carbons (Fsp3) is 0.500. The molecule has 2 bridgehead atoms. The molecule has 2 atom stereocenters. The van der Waals surface area contributed by atoms with E-state index in [9.17, 15) is 9.59 Å². The SMILES string of the molecule is C/C(=C\C(=O)N1CCC2CC1CN2C(=O)c1ncnc2[nH]ccc12)C(C)C. The number of hydrogen-bond acceptors (Lipinski definition) is 4. The van der Waals surface area contributed by atoms with Crippen LogP contribution in [0.15, 0.2) is 30.2 Å². The zero-order chi connectivity index (χ0) is 19.1. The van der Waals surface area contributed by atoms with Crippen molar-refractivity contribution in [3.8, 4) is 0 Å². The molecule has 4 rings (SSSR count). The molecule has 4 heterocycles. The Labute approximate surface area is 158 Å². The lowest BCUT2D eigenvalue weighted by Crippen LogP contribution is -2.43. The first-order chi connectivity index (χ1) is 13.0. The van der Waals surface area contributed by atoms with Crippen molar-refractivity contribution < 1.29 is 9.59 Å². The molecule has 142 valence electrons. The molecular weight excluding hydrogens is 342 g/mol. The smallest absolute Gasteiger partial charge is 0.273 e. The third-order valence-corrected chi connectivity index (χ3v) is 5.90. The summed E-state index contributed by atoms with van der Waals surface area (Å²) in [4.78, 5) is 41.1. The van der Waals surface area contributed by atoms with Crippen molar-refractivity contribution >= 4 is 22.8 Å². The number of amides is 2. The van der Waals surface area contributed by atoms with Crippen LogP contribution in [0.25, 0.3) is 11.0 Å². The van der Waals surface area contributed by atoms with Gasteiger partial charge < -0.3 is 14.8 Å². The number of carbonyl (C=O) groups is 2. The summed E-state index contributed by atoms with van der Waals surface area (Å²) in [6.07, 6.45) is 6.59. The second kappa shape index (κ2) is 6.79. The maximum Gasteiger partial charge on any atom is 0.273 e. The maximum atomic E-state index is 13.2. The minimum absolute atomic E-state index is 0.0639. The second-order valence-corrected chi connectivity index (χ2v) is 7.83. The van der Waals surface area contributed by atoms with E-state index in [0.29, 0.717) is 30.3 Å². The molecule has 2 aromatic rings. The first kappa shape index (κ1) is 17.7. The number of hydrogen-bond donors (Lipinski definition) is 1. The zero-order valence-electron chi connectivity index (χ0n) is 16.0. The highest BCUT2D eigenvalue weighted by Gasteiger charge is 2.43. The molecule has 2 amide bonds. The topological polar surface area (TPSA) is 82.2 Å². The molecule has 2 unspecified atom stereocenters. The lowest BCUT2D eigenvalue weighted by Gasteiger charge is -2.32. The van der Waals surface area contributed by atoms with Crippen molar-refractivity contribution in [3.63, 3.8) is 0 Å². The molecule has 0 spiro atoms. The quantitative estimate of drug-likeness (QED) is 0.845. The van der Waals surface area contributed by atoms with E-state index in [1.165, 1.54) is 6.33 Å². The minimum atomic E-state index is -0.0716. The van der Waals surface area contributed by atoms with Gasteiger partial charge in [-0.05, 0) is 31.7 Å². The maximum absolute atomic E-state index is 13.2. The largest absolute Gasteiger partial charge is 0.346 e. The Morgan fingerprint density at radius 3 is 2.85 bits per heavy atom. The van der Waals surface area contributed by atoms with E-state index in [1.54, 1.807) is 12.3 Å². The van der Waals surface area contributed by atoms with Gasteiger partial charge in [-0.2, -0.15) is 0 Å². The van der Waals surface area contributed by atoms with Gasteiger partial charge >= 0.3 is 0 Å². The molecule has 27 heavy (non-hydrogen) atoms. The van der Waals surface area contributed by atoms with E-state index in [4.69, 9.17) is 0 Å². The van der Waals surface area contributed by atoms with Crippen LogP contribution in [0.2, 0.25) is 0 Å². The summed E-state index contributed by atoms with van der Waals surface area (Å²) in [6, 6.07) is 2.09. The molecule has 2 aliphatic heterocycles. The summed E-state index contributed by atoms with van der Waals surface area (Å²) in [5.74, 6) is 0.348. The van der Waals surface area contributed by atoms with Crippen LogP contribution in [0.1, 0.15) is 44.1 Å². The average Bonchev–Trinajstić information content (AvgIpc) is 3.25. The minimum Gasteiger partial charge on any atom is -0.346 e. The van der Waals surface area contributed by atoms with E-state index in [-0.39, 0.29) is 23.9 Å². The van der Waals surface area contributed by atoms with Crippen LogP contribution in [0, 0.1) is 5.92 Å². The predicted molar refractivity (Wildman–Crippen MR) is 102 cm³/mol. The van der Waals surface area contributed by atoms with Crippen LogP contribution in [0.3, 0.4) is 0 Å². The van der Waals surface area contributed by atoms with Gasteiger partial charge in [0, 0.05) is 31.4 Å². The lowest BCUT2D eigenvalue weighted by molar-refractivity contribution is -0.128. The molecule has 0 radical (unpaired) electrons. The standard InChI is InChI=1S/C20H25N5O2/c1-12(2)13(3)8-17(26)24-7-5-14-9-15(24)10-25(14)20(27)18-16-4-6-21-19(16)23-11-22-18/h4,6,8,11-12,14-15H,5,7,9-10H2,1-3H3,(H,21,22,23)/b13-8+. The summed E-state index contributed by atoms with van der Waals surface area (Å²) in [7, 11) is 0. The summed E-state index contributed by atoms with van der Waals surface area (Å²) >= 11 is 0. The normalized spacial score (nSPS) is 22.7. The van der Waals surface area contributed by atoms with Gasteiger partial charge in [0.25, 0.3) is 5.91 Å². The number of carbonyl (C=O) groups excluding carboxylic acids is 2. The molecule has 2 aliphatic rings. The fourth-order valence-electron chi connectivity index (χ4n) is 4.02. The summed E-state index contributed by atoms with van der Waals surface area (Å²) in [5.41, 5.74) is 2.19. The molecule has 0 aliphatic carbocycles. The van der Waals surface area contributed by atoms with E-state index in [1.807, 2.05) is 22.8 Å². The highest BCUT2D eigenvalue weighted by atomic mass is 16.2. The molecular formula is C20H25N5O2. The zero-order valence-corrected chi connectivity index (χ0v) is 16.0. The number of rotatable bonds is 3. The third kappa shape index (κ3) is 3.11. The number of H-pyrrole nitrogens is 1. The van der Waals surface area contributed by atoms with E-state index < -0.39 is 0 Å². The van der Waals surface area contributed by atoms with Crippen LogP contribution in [-0.4, -0.2) is 61.7 Å². The summed E-state index contributed by atoms with van der Waals surface area (Å²) in [5, 5.41) is 0.743. The van der Waals surface area contributed by atoms with Crippen molar-refractivity contribution in [2.75, 3.05) is 13.1 Å². The van der Waals surface area contributed by atoms with E-state index in [2.05, 4.69) is 28.8 Å². The average molecular weight is 367 g/mol. The summed E-state index contributed by atoms with van der Waals surface area (Å²) in [6.45, 7) is 7.44. The van der Waals surface area contributed by atoms with Gasteiger partial charge in [-0.1, -0.05) is 19.4 Å². The highest BCUT2D eigenvalue weighted by Crippen LogP contribution is 2.32. The van der Waals surface area contributed by atoms with Crippen molar-refractivity contribution in [3.05, 3.63) is 35.9 Å². The summed E-state index contributed by atoms with van der Waals surface area (Å²) < 4.78 is 0. The van der Waals surface area contributed by atoms with Crippen molar-refractivity contribution in [1.29, 1.82) is 0 Å². The molecule has 2 fully saturated rings. The molecule has 2 aromatic heterocycles. The number of aromatic nitrogens is 3. The van der Waals surface area contributed by atoms with Crippen LogP contribution < -0.4 is 0 Å². The Bertz CT molecular complexity index is 916. The van der Waals surface area contributed by atoms with Gasteiger partial charge in [0.05, 0.1) is 11.4 Å². The Kier molecular flexibility index (Phi) is 4.45. The molecule has 7 nitrogen and oxygen atoms in total. The second-order valence-electron chi connectivity index (χ2n) is 7.83. The van der Waals surface area contributed by atoms with Gasteiger partial charge in [0.15, 0.2) is 0 Å². The van der Waals surface area contributed by atoms with Gasteiger partial charge in [0.1, 0.15) is 17.7 Å². The molecule has 1 N–H and O–H groups in total. The number of likely N-dealkylation sites (tertiary alicyclic amines) is 2. The van der Waals surface area contributed by atoms with E-state index in [0.717, 1.165) is 23.8 Å². The van der Waals surface area contributed by atoms with Gasteiger partial charge in [-0.25, -0.2) is 9.97 Å². The van der Waals surface area contributed by atoms with Gasteiger partial charge in [-0.3, -0.25) is 9.59 Å². The van der Waals surface area contributed by atoms with Crippen LogP contribution in [0.4, 0.5) is 0 Å². The van der Waals surface area contributed by atoms with Crippen LogP contribution in [-0.2, 0) is 4.79 Å². The third-order valence-electron chi connectivity index (χ3n) is 5.90. The van der Waals surface area contributed by atoms with Crippen LogP contribution in [0.5, 0.6) is 0 Å². The van der Waals surface area contributed by atoms with Gasteiger partial charge in [-0.15, -0.1) is 0 Å². The fourth-order valence-corrected chi connectivity index (χ4v) is 4.02. The molecule has 7 heteroatoms. The number of aromatic amines is 1. The number of nitrogens with zero attached hydrogens (tertiary/aromatic N) is 4. The Balaban J connectivity index is 1.54. The lowest BCUT2D eigenvalue weighted by atomic mass is 10.0. The van der Waals surface area contributed by atoms with Crippen LogP contribution >= 0.6 is 0 Å². The first-order valence-corrected chi connectivity index (χ1v) is 9.53.